The van der Waals surface area contributed by atoms with Gasteiger partial charge in [0.15, 0.2) is 0 Å². The highest BCUT2D eigenvalue weighted by molar-refractivity contribution is 7.92. The Bertz CT molecular complexity index is 1130. The second kappa shape index (κ2) is 8.87. The summed E-state index contributed by atoms with van der Waals surface area (Å²) < 4.78 is 37.1. The fourth-order valence-corrected chi connectivity index (χ4v) is 3.97. The zero-order valence-electron chi connectivity index (χ0n) is 16.8. The number of anilines is 2. The van der Waals surface area contributed by atoms with E-state index >= 15 is 0 Å². The van der Waals surface area contributed by atoms with Crippen LogP contribution >= 0.6 is 0 Å². The summed E-state index contributed by atoms with van der Waals surface area (Å²) in [6.45, 7) is 0. The fourth-order valence-electron chi connectivity index (χ4n) is 2.77. The first-order chi connectivity index (χ1) is 14.3. The van der Waals surface area contributed by atoms with Crippen LogP contribution in [-0.2, 0) is 10.0 Å². The quantitative estimate of drug-likeness (QED) is 0.621. The molecular formula is C22H22N2O5S. The van der Waals surface area contributed by atoms with Gasteiger partial charge in [-0.05, 0) is 60.7 Å². The van der Waals surface area contributed by atoms with Gasteiger partial charge in [-0.1, -0.05) is 6.07 Å². The first-order valence-corrected chi connectivity index (χ1v) is 10.5. The lowest BCUT2D eigenvalue weighted by Gasteiger charge is -2.20. The van der Waals surface area contributed by atoms with Gasteiger partial charge in [-0.25, -0.2) is 8.42 Å². The molecule has 1 amide bonds. The molecule has 0 heterocycles. The van der Waals surface area contributed by atoms with Crippen LogP contribution in [0.2, 0.25) is 0 Å². The van der Waals surface area contributed by atoms with Crippen LogP contribution in [0.5, 0.6) is 11.5 Å². The number of hydrogen-bond donors (Lipinski definition) is 1. The minimum absolute atomic E-state index is 0.144. The topological polar surface area (TPSA) is 84.9 Å². The van der Waals surface area contributed by atoms with Gasteiger partial charge in [-0.2, -0.15) is 0 Å². The zero-order valence-corrected chi connectivity index (χ0v) is 17.6. The molecule has 0 aliphatic carbocycles. The molecule has 0 aliphatic heterocycles. The highest BCUT2D eigenvalue weighted by atomic mass is 32.2. The molecule has 0 unspecified atom stereocenters. The number of nitrogens with zero attached hydrogens (tertiary/aromatic N) is 1. The summed E-state index contributed by atoms with van der Waals surface area (Å²) in [6.07, 6.45) is 0. The maximum Gasteiger partial charge on any atom is 0.264 e. The van der Waals surface area contributed by atoms with Crippen molar-refractivity contribution in [3.8, 4) is 11.5 Å². The highest BCUT2D eigenvalue weighted by Crippen LogP contribution is 2.24. The molecule has 8 heteroatoms. The van der Waals surface area contributed by atoms with Crippen LogP contribution in [0.25, 0.3) is 0 Å². The molecule has 0 radical (unpaired) electrons. The van der Waals surface area contributed by atoms with E-state index in [-0.39, 0.29) is 10.8 Å². The summed E-state index contributed by atoms with van der Waals surface area (Å²) in [5, 5.41) is 2.79. The zero-order chi connectivity index (χ0) is 21.7. The minimum atomic E-state index is -3.74. The summed E-state index contributed by atoms with van der Waals surface area (Å²) in [7, 11) is 0.787. The van der Waals surface area contributed by atoms with E-state index in [2.05, 4.69) is 5.32 Å². The van der Waals surface area contributed by atoms with Crippen LogP contribution in [0.15, 0.2) is 77.7 Å². The molecule has 3 rings (SSSR count). The highest BCUT2D eigenvalue weighted by Gasteiger charge is 2.21. The van der Waals surface area contributed by atoms with Crippen molar-refractivity contribution >= 4 is 27.3 Å². The maximum atomic E-state index is 12.8. The molecule has 1 N–H and O–H groups in total. The number of hydrogen-bond acceptors (Lipinski definition) is 5. The Morgan fingerprint density at radius 3 is 2.10 bits per heavy atom. The van der Waals surface area contributed by atoms with E-state index in [0.29, 0.717) is 28.4 Å². The second-order valence-corrected chi connectivity index (χ2v) is 8.35. The minimum Gasteiger partial charge on any atom is -0.497 e. The summed E-state index contributed by atoms with van der Waals surface area (Å²) in [6, 6.07) is 19.5. The van der Waals surface area contributed by atoms with Gasteiger partial charge in [-0.15, -0.1) is 0 Å². The second-order valence-electron chi connectivity index (χ2n) is 6.38. The molecule has 0 saturated carbocycles. The van der Waals surface area contributed by atoms with Crippen LogP contribution in [-0.4, -0.2) is 35.6 Å². The fraction of sp³-hybridized carbons (Fsp3) is 0.136. The lowest BCUT2D eigenvalue weighted by atomic mass is 10.2. The summed E-state index contributed by atoms with van der Waals surface area (Å²) in [5.74, 6) is 0.895. The van der Waals surface area contributed by atoms with Gasteiger partial charge < -0.3 is 14.8 Å². The average Bonchev–Trinajstić information content (AvgIpc) is 2.78. The molecule has 3 aromatic rings. The first-order valence-electron chi connectivity index (χ1n) is 9.03. The number of nitrogens with one attached hydrogen (secondary N) is 1. The van der Waals surface area contributed by atoms with Crippen molar-refractivity contribution in [2.75, 3.05) is 30.9 Å². The Morgan fingerprint density at radius 1 is 0.867 bits per heavy atom. The lowest BCUT2D eigenvalue weighted by Crippen LogP contribution is -2.26. The van der Waals surface area contributed by atoms with Gasteiger partial charge in [0.05, 0.1) is 24.8 Å². The predicted molar refractivity (Wildman–Crippen MR) is 116 cm³/mol. The Labute approximate surface area is 175 Å². The number of ether oxygens (including phenoxy) is 2. The standard InChI is InChI=1S/C22H22N2O5S/c1-24(30(26,27)21-13-11-19(28-2)12-14-21)18-9-7-16(8-10-18)22(25)23-17-5-4-6-20(15-17)29-3/h4-15H,1-3H3,(H,23,25). The number of sulfonamides is 1. The molecule has 0 saturated heterocycles. The van der Waals surface area contributed by atoms with E-state index in [0.717, 1.165) is 0 Å². The first kappa shape index (κ1) is 21.2. The SMILES string of the molecule is COc1ccc(S(=O)(=O)N(C)c2ccc(C(=O)Nc3cccc(OC)c3)cc2)cc1. The predicted octanol–water partition coefficient (Wildman–Crippen LogP) is 3.78. The Kier molecular flexibility index (Phi) is 6.27. The largest absolute Gasteiger partial charge is 0.497 e. The normalized spacial score (nSPS) is 10.9. The van der Waals surface area contributed by atoms with Crippen molar-refractivity contribution in [1.29, 1.82) is 0 Å². The van der Waals surface area contributed by atoms with Crippen molar-refractivity contribution in [3.05, 3.63) is 78.4 Å². The van der Waals surface area contributed by atoms with Crippen LogP contribution in [0.1, 0.15) is 10.4 Å². The molecule has 7 nitrogen and oxygen atoms in total. The smallest absolute Gasteiger partial charge is 0.264 e. The molecule has 0 fully saturated rings. The van der Waals surface area contributed by atoms with Crippen LogP contribution in [0.4, 0.5) is 11.4 Å². The number of carbonyl (C=O) groups excluding carboxylic acids is 1. The molecule has 0 atom stereocenters. The van der Waals surface area contributed by atoms with Crippen LogP contribution in [0.3, 0.4) is 0 Å². The van der Waals surface area contributed by atoms with Gasteiger partial charge in [0.1, 0.15) is 11.5 Å². The van der Waals surface area contributed by atoms with Gasteiger partial charge in [0.25, 0.3) is 15.9 Å². The molecule has 0 aliphatic rings. The average molecular weight is 426 g/mol. The van der Waals surface area contributed by atoms with E-state index in [9.17, 15) is 13.2 Å². The van der Waals surface area contributed by atoms with Crippen molar-refractivity contribution < 1.29 is 22.7 Å². The summed E-state index contributed by atoms with van der Waals surface area (Å²) in [4.78, 5) is 12.6. The number of rotatable bonds is 7. The Hall–Kier alpha value is -3.52. The van der Waals surface area contributed by atoms with Crippen LogP contribution in [0, 0.1) is 0 Å². The maximum absolute atomic E-state index is 12.8. The van der Waals surface area contributed by atoms with Crippen molar-refractivity contribution in [1.82, 2.24) is 0 Å². The van der Waals surface area contributed by atoms with Crippen molar-refractivity contribution in [3.63, 3.8) is 0 Å². The van der Waals surface area contributed by atoms with Gasteiger partial charge in [-0.3, -0.25) is 9.10 Å². The molecule has 0 spiro atoms. The monoisotopic (exact) mass is 426 g/mol. The van der Waals surface area contributed by atoms with E-state index in [1.54, 1.807) is 67.8 Å². The summed E-state index contributed by atoms with van der Waals surface area (Å²) in [5.41, 5.74) is 1.43. The number of carbonyl (C=O) groups is 1. The van der Waals surface area contributed by atoms with Gasteiger partial charge in [0, 0.05) is 24.4 Å². The molecule has 0 aromatic heterocycles. The number of amides is 1. The van der Waals surface area contributed by atoms with Gasteiger partial charge >= 0.3 is 0 Å². The van der Waals surface area contributed by atoms with E-state index < -0.39 is 10.0 Å². The number of benzene rings is 3. The molecule has 156 valence electrons. The van der Waals surface area contributed by atoms with Crippen molar-refractivity contribution in [2.24, 2.45) is 0 Å². The van der Waals surface area contributed by atoms with Gasteiger partial charge in [0.2, 0.25) is 0 Å². The van der Waals surface area contributed by atoms with Crippen LogP contribution < -0.4 is 19.1 Å². The Morgan fingerprint density at radius 2 is 1.50 bits per heavy atom. The third kappa shape index (κ3) is 4.55. The molecular weight excluding hydrogens is 404 g/mol. The summed E-state index contributed by atoms with van der Waals surface area (Å²) >= 11 is 0. The molecule has 3 aromatic carbocycles. The van der Waals surface area contributed by atoms with E-state index in [1.807, 2.05) is 0 Å². The third-order valence-corrected chi connectivity index (χ3v) is 6.34. The number of methoxy groups -OCH3 is 2. The Balaban J connectivity index is 1.75. The molecule has 0 bridgehead atoms. The van der Waals surface area contributed by atoms with E-state index in [4.69, 9.17) is 9.47 Å². The van der Waals surface area contributed by atoms with Crippen molar-refractivity contribution in [2.45, 2.75) is 4.90 Å². The lowest BCUT2D eigenvalue weighted by molar-refractivity contribution is 0.102. The third-order valence-electron chi connectivity index (χ3n) is 4.54. The van der Waals surface area contributed by atoms with E-state index in [1.165, 1.54) is 30.6 Å². The molecule has 30 heavy (non-hydrogen) atoms.